The summed E-state index contributed by atoms with van der Waals surface area (Å²) in [5, 5.41) is 15.8. The van der Waals surface area contributed by atoms with Crippen LogP contribution in [0.4, 0.5) is 0 Å². The lowest BCUT2D eigenvalue weighted by Crippen LogP contribution is -2.42. The van der Waals surface area contributed by atoms with Crippen LogP contribution in [0.15, 0.2) is 34.9 Å². The molecular weight excluding hydrogens is 322 g/mol. The molecule has 3 rings (SSSR count). The molecule has 1 aliphatic carbocycles. The van der Waals surface area contributed by atoms with E-state index in [1.165, 1.54) is 0 Å². The van der Waals surface area contributed by atoms with E-state index in [-0.39, 0.29) is 18.7 Å². The molecule has 1 fully saturated rings. The first-order chi connectivity index (χ1) is 12.1. The fourth-order valence-electron chi connectivity index (χ4n) is 2.59. The first-order valence-electron chi connectivity index (χ1n) is 8.50. The van der Waals surface area contributed by atoms with E-state index >= 15 is 0 Å². The number of amides is 1. The molecule has 0 saturated heterocycles. The molecule has 7 heteroatoms. The topological polar surface area (TPSA) is 105 Å². The summed E-state index contributed by atoms with van der Waals surface area (Å²) in [5.74, 6) is 0.408. The Labute approximate surface area is 145 Å². The van der Waals surface area contributed by atoms with Crippen molar-refractivity contribution in [3.63, 3.8) is 0 Å². The first kappa shape index (κ1) is 17.1. The molecule has 1 heterocycles. The predicted molar refractivity (Wildman–Crippen MR) is 88.9 cm³/mol. The number of aryl methyl sites for hydroxylation is 1. The SMILES string of the molecule is O=C(CCCc1nc(C2CC2)no1)N[C@H](Cc1ccccc1)C(=O)O. The van der Waals surface area contributed by atoms with Crippen LogP contribution in [0.1, 0.15) is 48.9 Å². The minimum atomic E-state index is -1.04. The number of hydrogen-bond donors (Lipinski definition) is 2. The zero-order chi connectivity index (χ0) is 17.6. The second kappa shape index (κ2) is 7.92. The lowest BCUT2D eigenvalue weighted by Gasteiger charge is -2.14. The van der Waals surface area contributed by atoms with E-state index in [0.29, 0.717) is 24.7 Å². The number of carboxylic acid groups (broad SMARTS) is 1. The van der Waals surface area contributed by atoms with Gasteiger partial charge in [0.15, 0.2) is 5.82 Å². The van der Waals surface area contributed by atoms with Gasteiger partial charge in [0.25, 0.3) is 0 Å². The number of nitrogens with zero attached hydrogens (tertiary/aromatic N) is 2. The number of carbonyl (C=O) groups is 2. The molecule has 132 valence electrons. The predicted octanol–water partition coefficient (Wildman–Crippen LogP) is 2.08. The number of aromatic nitrogens is 2. The molecule has 1 atom stereocenters. The number of rotatable bonds is 9. The molecule has 0 unspecified atom stereocenters. The van der Waals surface area contributed by atoms with Gasteiger partial charge in [-0.05, 0) is 24.8 Å². The molecule has 0 radical (unpaired) electrons. The van der Waals surface area contributed by atoms with E-state index in [1.54, 1.807) is 0 Å². The average Bonchev–Trinajstić information content (AvgIpc) is 3.34. The van der Waals surface area contributed by atoms with Crippen LogP contribution in [0.3, 0.4) is 0 Å². The van der Waals surface area contributed by atoms with Crippen molar-refractivity contribution < 1.29 is 19.2 Å². The number of carbonyl (C=O) groups excluding carboxylic acids is 1. The highest BCUT2D eigenvalue weighted by Crippen LogP contribution is 2.38. The van der Waals surface area contributed by atoms with E-state index in [4.69, 9.17) is 4.52 Å². The van der Waals surface area contributed by atoms with Crippen molar-refractivity contribution in [3.8, 4) is 0 Å². The Morgan fingerprint density at radius 2 is 2.04 bits per heavy atom. The molecule has 0 aliphatic heterocycles. The summed E-state index contributed by atoms with van der Waals surface area (Å²) >= 11 is 0. The van der Waals surface area contributed by atoms with Crippen LogP contribution in [0.25, 0.3) is 0 Å². The van der Waals surface area contributed by atoms with Gasteiger partial charge in [0, 0.05) is 25.2 Å². The smallest absolute Gasteiger partial charge is 0.326 e. The van der Waals surface area contributed by atoms with E-state index in [0.717, 1.165) is 24.2 Å². The van der Waals surface area contributed by atoms with Gasteiger partial charge in [-0.25, -0.2) is 4.79 Å². The van der Waals surface area contributed by atoms with Crippen LogP contribution in [-0.4, -0.2) is 33.2 Å². The van der Waals surface area contributed by atoms with Crippen LogP contribution in [0.2, 0.25) is 0 Å². The molecule has 0 bridgehead atoms. The Kier molecular flexibility index (Phi) is 5.42. The molecule has 1 saturated carbocycles. The average molecular weight is 343 g/mol. The van der Waals surface area contributed by atoms with Crippen molar-refractivity contribution in [1.29, 1.82) is 0 Å². The number of hydrogen-bond acceptors (Lipinski definition) is 5. The van der Waals surface area contributed by atoms with Crippen LogP contribution < -0.4 is 5.32 Å². The van der Waals surface area contributed by atoms with Crippen molar-refractivity contribution in [2.75, 3.05) is 0 Å². The third-order valence-electron chi connectivity index (χ3n) is 4.14. The maximum atomic E-state index is 12.0. The van der Waals surface area contributed by atoms with E-state index in [1.807, 2.05) is 30.3 Å². The minimum absolute atomic E-state index is 0.222. The Morgan fingerprint density at radius 3 is 2.72 bits per heavy atom. The molecule has 1 aliphatic rings. The second-order valence-electron chi connectivity index (χ2n) is 6.32. The van der Waals surface area contributed by atoms with Gasteiger partial charge in [-0.15, -0.1) is 0 Å². The number of aliphatic carboxylic acids is 1. The molecule has 0 spiro atoms. The zero-order valence-electron chi connectivity index (χ0n) is 13.9. The van der Waals surface area contributed by atoms with Crippen LogP contribution in [-0.2, 0) is 22.4 Å². The largest absolute Gasteiger partial charge is 0.480 e. The normalized spacial score (nSPS) is 14.9. The van der Waals surface area contributed by atoms with Crippen molar-refractivity contribution in [1.82, 2.24) is 15.5 Å². The van der Waals surface area contributed by atoms with Gasteiger partial charge in [-0.3, -0.25) is 4.79 Å². The molecule has 7 nitrogen and oxygen atoms in total. The van der Waals surface area contributed by atoms with Crippen LogP contribution in [0, 0.1) is 0 Å². The standard InChI is InChI=1S/C18H21N3O4/c22-15(7-4-8-16-20-17(21-25-16)13-9-10-13)19-14(18(23)24)11-12-5-2-1-3-6-12/h1-3,5-6,13-14H,4,7-11H2,(H,19,22)(H,23,24)/t14-/m1/s1. The van der Waals surface area contributed by atoms with Gasteiger partial charge < -0.3 is 14.9 Å². The Hall–Kier alpha value is -2.70. The molecule has 2 aromatic rings. The number of carboxylic acids is 1. The molecule has 25 heavy (non-hydrogen) atoms. The highest BCUT2D eigenvalue weighted by molar-refractivity contribution is 5.83. The first-order valence-corrected chi connectivity index (χ1v) is 8.50. The number of nitrogens with one attached hydrogen (secondary N) is 1. The highest BCUT2D eigenvalue weighted by Gasteiger charge is 2.28. The van der Waals surface area contributed by atoms with Gasteiger partial charge >= 0.3 is 5.97 Å². The Balaban J connectivity index is 1.43. The Bertz CT molecular complexity index is 725. The van der Waals surface area contributed by atoms with Crippen LogP contribution in [0.5, 0.6) is 0 Å². The molecule has 1 amide bonds. The van der Waals surface area contributed by atoms with E-state index in [2.05, 4.69) is 15.5 Å². The molecule has 1 aromatic carbocycles. The third-order valence-corrected chi connectivity index (χ3v) is 4.14. The number of benzene rings is 1. The van der Waals surface area contributed by atoms with Gasteiger partial charge in [-0.1, -0.05) is 35.5 Å². The zero-order valence-corrected chi connectivity index (χ0v) is 13.9. The lowest BCUT2D eigenvalue weighted by atomic mass is 10.1. The fourth-order valence-corrected chi connectivity index (χ4v) is 2.59. The quantitative estimate of drug-likeness (QED) is 0.722. The maximum Gasteiger partial charge on any atom is 0.326 e. The van der Waals surface area contributed by atoms with Crippen molar-refractivity contribution >= 4 is 11.9 Å². The second-order valence-corrected chi connectivity index (χ2v) is 6.32. The van der Waals surface area contributed by atoms with Crippen molar-refractivity contribution in [2.45, 2.75) is 50.5 Å². The molecular formula is C18H21N3O4. The highest BCUT2D eigenvalue weighted by atomic mass is 16.5. The van der Waals surface area contributed by atoms with Gasteiger partial charge in [-0.2, -0.15) is 4.98 Å². The minimum Gasteiger partial charge on any atom is -0.480 e. The van der Waals surface area contributed by atoms with Crippen LogP contribution >= 0.6 is 0 Å². The van der Waals surface area contributed by atoms with Crippen molar-refractivity contribution in [2.24, 2.45) is 0 Å². The summed E-state index contributed by atoms with van der Waals surface area (Å²) in [6.07, 6.45) is 3.76. The molecule has 1 aromatic heterocycles. The maximum absolute atomic E-state index is 12.0. The summed E-state index contributed by atoms with van der Waals surface area (Å²) < 4.78 is 5.16. The van der Waals surface area contributed by atoms with Gasteiger partial charge in [0.2, 0.25) is 11.8 Å². The summed E-state index contributed by atoms with van der Waals surface area (Å²) in [7, 11) is 0. The van der Waals surface area contributed by atoms with Gasteiger partial charge in [0.1, 0.15) is 6.04 Å². The third kappa shape index (κ3) is 5.14. The monoisotopic (exact) mass is 343 g/mol. The van der Waals surface area contributed by atoms with Crippen molar-refractivity contribution in [3.05, 3.63) is 47.6 Å². The van der Waals surface area contributed by atoms with E-state index in [9.17, 15) is 14.7 Å². The lowest BCUT2D eigenvalue weighted by molar-refractivity contribution is -0.141. The summed E-state index contributed by atoms with van der Waals surface area (Å²) in [4.78, 5) is 27.7. The Morgan fingerprint density at radius 1 is 1.28 bits per heavy atom. The summed E-state index contributed by atoms with van der Waals surface area (Å²) in [6, 6.07) is 8.31. The fraction of sp³-hybridized carbons (Fsp3) is 0.444. The van der Waals surface area contributed by atoms with Gasteiger partial charge in [0.05, 0.1) is 0 Å². The summed E-state index contributed by atoms with van der Waals surface area (Å²) in [5.41, 5.74) is 0.869. The summed E-state index contributed by atoms with van der Waals surface area (Å²) in [6.45, 7) is 0. The molecule has 2 N–H and O–H groups in total. The van der Waals surface area contributed by atoms with E-state index < -0.39 is 12.0 Å².